The summed E-state index contributed by atoms with van der Waals surface area (Å²) in [7, 11) is 1.58. The van der Waals surface area contributed by atoms with Crippen LogP contribution in [0.15, 0.2) is 18.2 Å². The minimum Gasteiger partial charge on any atom is -0.384 e. The fourth-order valence-corrected chi connectivity index (χ4v) is 2.12. The third-order valence-corrected chi connectivity index (χ3v) is 3.05. The number of halogens is 1. The molecule has 0 aliphatic heterocycles. The Labute approximate surface area is 110 Å². The maximum Gasteiger partial charge on any atom is 0.229 e. The number of aliphatic hydroxyl groups is 1. The average Bonchev–Trinajstić information content (AvgIpc) is 2.35. The van der Waals surface area contributed by atoms with Gasteiger partial charge in [0, 0.05) is 18.4 Å². The van der Waals surface area contributed by atoms with Gasteiger partial charge in [0.25, 0.3) is 0 Å². The van der Waals surface area contributed by atoms with Crippen molar-refractivity contribution in [1.29, 1.82) is 0 Å². The summed E-state index contributed by atoms with van der Waals surface area (Å²) in [4.78, 5) is 11.0. The summed E-state index contributed by atoms with van der Waals surface area (Å²) >= 11 is 1.40. The zero-order chi connectivity index (χ0) is 13.4. The third kappa shape index (κ3) is 5.21. The van der Waals surface area contributed by atoms with Crippen LogP contribution in [0.5, 0.6) is 0 Å². The van der Waals surface area contributed by atoms with Gasteiger partial charge in [0.05, 0.1) is 5.75 Å². The van der Waals surface area contributed by atoms with E-state index < -0.39 is 0 Å². The molecule has 0 fully saturated rings. The molecule has 96 valence electrons. The van der Waals surface area contributed by atoms with Crippen LogP contribution in [0, 0.1) is 17.7 Å². The molecule has 0 saturated carbocycles. The van der Waals surface area contributed by atoms with Gasteiger partial charge in [-0.2, -0.15) is 0 Å². The molecule has 0 atom stereocenters. The Balaban J connectivity index is 2.65. The number of amides is 1. The first-order valence-corrected chi connectivity index (χ1v) is 6.48. The van der Waals surface area contributed by atoms with Gasteiger partial charge in [-0.05, 0) is 23.8 Å². The summed E-state index contributed by atoms with van der Waals surface area (Å²) in [5.41, 5.74) is 1.30. The van der Waals surface area contributed by atoms with E-state index in [-0.39, 0.29) is 18.3 Å². The van der Waals surface area contributed by atoms with Crippen molar-refractivity contribution in [3.63, 3.8) is 0 Å². The molecule has 0 aromatic heterocycles. The van der Waals surface area contributed by atoms with Crippen LogP contribution in [0.4, 0.5) is 4.39 Å². The molecule has 0 aliphatic rings. The molecule has 1 aromatic carbocycles. The summed E-state index contributed by atoms with van der Waals surface area (Å²) in [5.74, 6) is 5.58. The maximum absolute atomic E-state index is 13.3. The topological polar surface area (TPSA) is 49.3 Å². The Hall–Kier alpha value is -1.51. The van der Waals surface area contributed by atoms with Crippen molar-refractivity contribution in [3.05, 3.63) is 35.1 Å². The minimum atomic E-state index is -0.365. The second-order valence-electron chi connectivity index (χ2n) is 3.47. The normalized spacial score (nSPS) is 9.50. The molecule has 0 radical (unpaired) electrons. The predicted molar refractivity (Wildman–Crippen MR) is 70.6 cm³/mol. The summed E-state index contributed by atoms with van der Waals surface area (Å²) in [6.45, 7) is -0.253. The van der Waals surface area contributed by atoms with E-state index >= 15 is 0 Å². The van der Waals surface area contributed by atoms with Gasteiger partial charge in [-0.1, -0.05) is 11.8 Å². The van der Waals surface area contributed by atoms with Gasteiger partial charge >= 0.3 is 0 Å². The van der Waals surface area contributed by atoms with Gasteiger partial charge in [0.15, 0.2) is 0 Å². The second-order valence-corrected chi connectivity index (χ2v) is 4.46. The van der Waals surface area contributed by atoms with Crippen LogP contribution >= 0.6 is 11.8 Å². The third-order valence-electron chi connectivity index (χ3n) is 2.05. The van der Waals surface area contributed by atoms with E-state index in [9.17, 15) is 9.18 Å². The van der Waals surface area contributed by atoms with Crippen molar-refractivity contribution < 1.29 is 14.3 Å². The quantitative estimate of drug-likeness (QED) is 0.805. The Bertz CT molecular complexity index is 480. The van der Waals surface area contributed by atoms with Crippen molar-refractivity contribution in [3.8, 4) is 11.8 Å². The molecule has 1 aromatic rings. The molecule has 0 unspecified atom stereocenters. The lowest BCUT2D eigenvalue weighted by molar-refractivity contribution is -0.118. The van der Waals surface area contributed by atoms with Crippen LogP contribution in [0.2, 0.25) is 0 Å². The molecular weight excluding hydrogens is 253 g/mol. The first-order valence-electron chi connectivity index (χ1n) is 5.33. The van der Waals surface area contributed by atoms with E-state index in [0.717, 1.165) is 5.56 Å². The number of thioether (sulfide) groups is 1. The summed E-state index contributed by atoms with van der Waals surface area (Å²) in [6, 6.07) is 4.49. The molecule has 1 rings (SSSR count). The lowest BCUT2D eigenvalue weighted by atomic mass is 10.1. The number of nitrogens with one attached hydrogen (secondary N) is 1. The van der Waals surface area contributed by atoms with Crippen LogP contribution in [-0.2, 0) is 10.5 Å². The van der Waals surface area contributed by atoms with Crippen molar-refractivity contribution >= 4 is 17.7 Å². The molecule has 5 heteroatoms. The van der Waals surface area contributed by atoms with Crippen molar-refractivity contribution in [2.24, 2.45) is 0 Å². The van der Waals surface area contributed by atoms with Gasteiger partial charge in [0.2, 0.25) is 5.91 Å². The Kier molecular flexibility index (Phi) is 6.26. The highest BCUT2D eigenvalue weighted by molar-refractivity contribution is 7.99. The van der Waals surface area contributed by atoms with Crippen LogP contribution in [0.25, 0.3) is 0 Å². The monoisotopic (exact) mass is 267 g/mol. The van der Waals surface area contributed by atoms with Gasteiger partial charge in [-0.3, -0.25) is 4.79 Å². The van der Waals surface area contributed by atoms with E-state index in [1.54, 1.807) is 13.1 Å². The van der Waals surface area contributed by atoms with Gasteiger partial charge in [-0.15, -0.1) is 11.8 Å². The number of benzene rings is 1. The van der Waals surface area contributed by atoms with Crippen molar-refractivity contribution in [2.45, 2.75) is 5.75 Å². The van der Waals surface area contributed by atoms with Crippen molar-refractivity contribution in [2.75, 3.05) is 19.4 Å². The fraction of sp³-hybridized carbons (Fsp3) is 0.308. The van der Waals surface area contributed by atoms with Gasteiger partial charge in [0.1, 0.15) is 12.4 Å². The molecule has 0 saturated heterocycles. The number of hydrogen-bond acceptors (Lipinski definition) is 3. The molecule has 1 amide bonds. The Morgan fingerprint density at radius 3 is 2.94 bits per heavy atom. The standard InChI is InChI=1S/C13H14FNO2S/c1-15-13(17)9-18-8-11-5-10(3-2-4-16)6-12(14)7-11/h5-7,16H,4,8-9H2,1H3,(H,15,17). The van der Waals surface area contributed by atoms with Crippen molar-refractivity contribution in [1.82, 2.24) is 5.32 Å². The minimum absolute atomic E-state index is 0.0586. The highest BCUT2D eigenvalue weighted by atomic mass is 32.2. The molecule has 2 N–H and O–H groups in total. The molecule has 3 nitrogen and oxygen atoms in total. The molecule has 18 heavy (non-hydrogen) atoms. The fourth-order valence-electron chi connectivity index (χ4n) is 1.28. The first-order chi connectivity index (χ1) is 8.65. The van der Waals surface area contributed by atoms with Gasteiger partial charge < -0.3 is 10.4 Å². The number of rotatable bonds is 4. The highest BCUT2D eigenvalue weighted by Gasteiger charge is 2.02. The Morgan fingerprint density at radius 1 is 1.50 bits per heavy atom. The smallest absolute Gasteiger partial charge is 0.229 e. The first kappa shape index (κ1) is 14.6. The van der Waals surface area contributed by atoms with E-state index in [2.05, 4.69) is 17.2 Å². The van der Waals surface area contributed by atoms with E-state index in [4.69, 9.17) is 5.11 Å². The lowest BCUT2D eigenvalue weighted by Crippen LogP contribution is -2.19. The molecule has 0 aliphatic carbocycles. The Morgan fingerprint density at radius 2 is 2.28 bits per heavy atom. The maximum atomic E-state index is 13.3. The summed E-state index contributed by atoms with van der Waals surface area (Å²) in [5, 5.41) is 11.1. The number of aliphatic hydroxyl groups excluding tert-OH is 1. The molecular formula is C13H14FNO2S. The molecule has 0 spiro atoms. The zero-order valence-corrected chi connectivity index (χ0v) is 10.8. The largest absolute Gasteiger partial charge is 0.384 e. The van der Waals surface area contributed by atoms with E-state index in [0.29, 0.717) is 17.1 Å². The lowest BCUT2D eigenvalue weighted by Gasteiger charge is -2.03. The average molecular weight is 267 g/mol. The molecule has 0 heterocycles. The van der Waals surface area contributed by atoms with Crippen LogP contribution in [0.3, 0.4) is 0 Å². The zero-order valence-electron chi connectivity index (χ0n) is 10.00. The SMILES string of the molecule is CNC(=O)CSCc1cc(F)cc(C#CCO)c1. The molecule has 0 bridgehead atoms. The highest BCUT2D eigenvalue weighted by Crippen LogP contribution is 2.15. The predicted octanol–water partition coefficient (Wildman–Crippen LogP) is 1.15. The number of carbonyl (C=O) groups excluding carboxylic acids is 1. The van der Waals surface area contributed by atoms with Crippen LogP contribution in [0.1, 0.15) is 11.1 Å². The number of carbonyl (C=O) groups is 1. The van der Waals surface area contributed by atoms with Gasteiger partial charge in [-0.25, -0.2) is 4.39 Å². The van der Waals surface area contributed by atoms with E-state index in [1.165, 1.54) is 23.9 Å². The summed E-state index contributed by atoms with van der Waals surface area (Å²) < 4.78 is 13.3. The summed E-state index contributed by atoms with van der Waals surface area (Å²) in [6.07, 6.45) is 0. The second kappa shape index (κ2) is 7.75. The van der Waals surface area contributed by atoms with Crippen LogP contribution < -0.4 is 5.32 Å². The van der Waals surface area contributed by atoms with E-state index in [1.807, 2.05) is 0 Å². The van der Waals surface area contributed by atoms with Crippen LogP contribution in [-0.4, -0.2) is 30.4 Å². The number of hydrogen-bond donors (Lipinski definition) is 2.